The molecule has 154 valence electrons. The predicted molar refractivity (Wildman–Crippen MR) is 111 cm³/mol. The SMILES string of the molecule is [C-]#[N+]c1cnc(N[C@@H]2CCC[C@H](c3nc4cc([N+](=O)[O-])ccc4n3C)C2)nc1OC. The smallest absolute Gasteiger partial charge is 0.271 e. The molecule has 30 heavy (non-hydrogen) atoms. The van der Waals surface area contributed by atoms with Crippen LogP contribution in [0.4, 0.5) is 17.3 Å². The van der Waals surface area contributed by atoms with E-state index in [0.717, 1.165) is 37.0 Å². The van der Waals surface area contributed by atoms with Crippen molar-refractivity contribution in [1.29, 1.82) is 0 Å². The molecule has 1 aliphatic rings. The molecule has 4 rings (SSSR count). The van der Waals surface area contributed by atoms with Crippen LogP contribution in [0.3, 0.4) is 0 Å². The Balaban J connectivity index is 1.55. The van der Waals surface area contributed by atoms with Gasteiger partial charge in [-0.2, -0.15) is 4.98 Å². The second kappa shape index (κ2) is 7.94. The third-order valence-corrected chi connectivity index (χ3v) is 5.53. The number of benzene rings is 1. The van der Waals surface area contributed by atoms with Crippen LogP contribution in [-0.4, -0.2) is 37.6 Å². The van der Waals surface area contributed by atoms with Gasteiger partial charge in [0.1, 0.15) is 5.82 Å². The molecule has 0 amide bonds. The van der Waals surface area contributed by atoms with E-state index in [-0.39, 0.29) is 29.2 Å². The van der Waals surface area contributed by atoms with Gasteiger partial charge in [-0.15, -0.1) is 0 Å². The Morgan fingerprint density at radius 2 is 2.20 bits per heavy atom. The van der Waals surface area contributed by atoms with Crippen molar-refractivity contribution in [2.45, 2.75) is 37.6 Å². The maximum Gasteiger partial charge on any atom is 0.271 e. The van der Waals surface area contributed by atoms with Crippen molar-refractivity contribution >= 4 is 28.4 Å². The molecular formula is C20H21N7O3. The van der Waals surface area contributed by atoms with Gasteiger partial charge in [0.05, 0.1) is 29.6 Å². The van der Waals surface area contributed by atoms with Gasteiger partial charge in [0, 0.05) is 37.3 Å². The average Bonchev–Trinajstić information content (AvgIpc) is 3.09. The van der Waals surface area contributed by atoms with Crippen LogP contribution in [0.25, 0.3) is 15.9 Å². The standard InChI is InChI=1S/C20H21N7O3/c1-21-16-11-22-20(25-19(16)30-3)23-13-6-4-5-12(9-13)18-24-15-10-14(27(28)29)7-8-17(15)26(18)2/h7-8,10-13H,4-6,9H2,2-3H3,(H,22,23,25)/t12-,13+/m0/s1. The second-order valence-corrected chi connectivity index (χ2v) is 7.36. The van der Waals surface area contributed by atoms with Crippen molar-refractivity contribution in [2.24, 2.45) is 7.05 Å². The minimum atomic E-state index is -0.401. The molecule has 10 nitrogen and oxygen atoms in total. The van der Waals surface area contributed by atoms with E-state index in [1.165, 1.54) is 25.4 Å². The lowest BCUT2D eigenvalue weighted by molar-refractivity contribution is -0.384. The molecule has 0 unspecified atom stereocenters. The van der Waals surface area contributed by atoms with Crippen molar-refractivity contribution in [2.75, 3.05) is 12.4 Å². The van der Waals surface area contributed by atoms with Gasteiger partial charge in [-0.25, -0.2) is 14.8 Å². The third-order valence-electron chi connectivity index (χ3n) is 5.53. The lowest BCUT2D eigenvalue weighted by Crippen LogP contribution is -2.28. The van der Waals surface area contributed by atoms with Gasteiger partial charge >= 0.3 is 0 Å². The van der Waals surface area contributed by atoms with E-state index in [4.69, 9.17) is 16.3 Å². The van der Waals surface area contributed by atoms with Crippen molar-refractivity contribution < 1.29 is 9.66 Å². The second-order valence-electron chi connectivity index (χ2n) is 7.36. The van der Waals surface area contributed by atoms with Gasteiger partial charge in [-0.05, 0) is 25.3 Å². The molecule has 2 heterocycles. The monoisotopic (exact) mass is 407 g/mol. The highest BCUT2D eigenvalue weighted by atomic mass is 16.6. The molecule has 10 heteroatoms. The van der Waals surface area contributed by atoms with E-state index in [1.54, 1.807) is 6.07 Å². The molecule has 3 aromatic rings. The van der Waals surface area contributed by atoms with Gasteiger partial charge in [-0.1, -0.05) is 6.42 Å². The molecule has 0 spiro atoms. The molecule has 1 N–H and O–H groups in total. The largest absolute Gasteiger partial charge is 0.490 e. The molecule has 1 saturated carbocycles. The average molecular weight is 407 g/mol. The molecule has 1 fully saturated rings. The molecule has 2 atom stereocenters. The maximum absolute atomic E-state index is 11.1. The number of fused-ring (bicyclic) bond motifs is 1. The Kier molecular flexibility index (Phi) is 5.18. The molecule has 0 bridgehead atoms. The van der Waals surface area contributed by atoms with E-state index in [2.05, 4.69) is 20.1 Å². The number of nitro groups is 1. The van der Waals surface area contributed by atoms with Crippen LogP contribution < -0.4 is 10.1 Å². The summed E-state index contributed by atoms with van der Waals surface area (Å²) >= 11 is 0. The van der Waals surface area contributed by atoms with Crippen LogP contribution >= 0.6 is 0 Å². The highest BCUT2D eigenvalue weighted by Crippen LogP contribution is 2.35. The van der Waals surface area contributed by atoms with Crippen LogP contribution in [0.5, 0.6) is 5.88 Å². The summed E-state index contributed by atoms with van der Waals surface area (Å²) in [5, 5.41) is 14.4. The lowest BCUT2D eigenvalue weighted by Gasteiger charge is -2.29. The topological polar surface area (TPSA) is 112 Å². The summed E-state index contributed by atoms with van der Waals surface area (Å²) in [7, 11) is 3.43. The summed E-state index contributed by atoms with van der Waals surface area (Å²) in [6.07, 6.45) is 5.29. The van der Waals surface area contributed by atoms with Crippen LogP contribution in [0.15, 0.2) is 24.4 Å². The zero-order valence-electron chi connectivity index (χ0n) is 16.7. The number of hydrogen-bond donors (Lipinski definition) is 1. The van der Waals surface area contributed by atoms with Crippen LogP contribution in [0.2, 0.25) is 0 Å². The maximum atomic E-state index is 11.1. The molecular weight excluding hydrogens is 386 g/mol. The summed E-state index contributed by atoms with van der Waals surface area (Å²) in [4.78, 5) is 27.2. The number of anilines is 1. The molecule has 1 aromatic carbocycles. The summed E-state index contributed by atoms with van der Waals surface area (Å²) < 4.78 is 7.19. The number of non-ortho nitro benzene ring substituents is 1. The van der Waals surface area contributed by atoms with E-state index >= 15 is 0 Å². The summed E-state index contributed by atoms with van der Waals surface area (Å²) in [5.74, 6) is 1.84. The first-order valence-corrected chi connectivity index (χ1v) is 9.66. The summed E-state index contributed by atoms with van der Waals surface area (Å²) in [6.45, 7) is 7.13. The van der Waals surface area contributed by atoms with Crippen LogP contribution in [0, 0.1) is 16.7 Å². The zero-order chi connectivity index (χ0) is 21.3. The number of aryl methyl sites for hydroxylation is 1. The first kappa shape index (κ1) is 19.6. The fraction of sp³-hybridized carbons (Fsp3) is 0.400. The predicted octanol–water partition coefficient (Wildman–Crippen LogP) is 3.97. The minimum absolute atomic E-state index is 0.0456. The van der Waals surface area contributed by atoms with Gasteiger partial charge in [0.2, 0.25) is 11.8 Å². The number of methoxy groups -OCH3 is 1. The Morgan fingerprint density at radius 1 is 1.37 bits per heavy atom. The van der Waals surface area contributed by atoms with E-state index in [9.17, 15) is 10.1 Å². The fourth-order valence-corrected chi connectivity index (χ4v) is 4.08. The summed E-state index contributed by atoms with van der Waals surface area (Å²) in [6, 6.07) is 4.94. The number of nitrogens with one attached hydrogen (secondary N) is 1. The van der Waals surface area contributed by atoms with Crippen LogP contribution in [0.1, 0.15) is 37.4 Å². The lowest BCUT2D eigenvalue weighted by atomic mass is 9.85. The molecule has 0 aliphatic heterocycles. The Morgan fingerprint density at radius 3 is 2.93 bits per heavy atom. The van der Waals surface area contributed by atoms with Crippen molar-refractivity contribution in [3.05, 3.63) is 51.8 Å². The third kappa shape index (κ3) is 3.61. The first-order chi connectivity index (χ1) is 14.5. The molecule has 0 radical (unpaired) electrons. The Hall–Kier alpha value is -3.74. The highest BCUT2D eigenvalue weighted by molar-refractivity contribution is 5.78. The van der Waals surface area contributed by atoms with Crippen molar-refractivity contribution in [3.8, 4) is 5.88 Å². The Labute approximate surface area is 172 Å². The number of ether oxygens (including phenoxy) is 1. The normalized spacial score (nSPS) is 18.7. The zero-order valence-corrected chi connectivity index (χ0v) is 16.7. The first-order valence-electron chi connectivity index (χ1n) is 9.66. The van der Waals surface area contributed by atoms with Gasteiger partial charge in [0.15, 0.2) is 0 Å². The fourth-order valence-electron chi connectivity index (χ4n) is 4.08. The number of imidazole rings is 1. The van der Waals surface area contributed by atoms with Crippen molar-refractivity contribution in [3.63, 3.8) is 0 Å². The number of rotatable bonds is 5. The van der Waals surface area contributed by atoms with E-state index < -0.39 is 4.92 Å². The van der Waals surface area contributed by atoms with Gasteiger partial charge < -0.3 is 14.6 Å². The quantitative estimate of drug-likeness (QED) is 0.387. The van der Waals surface area contributed by atoms with Crippen LogP contribution in [-0.2, 0) is 7.05 Å². The Bertz CT molecular complexity index is 1150. The summed E-state index contributed by atoms with van der Waals surface area (Å²) in [5.41, 5.74) is 1.84. The van der Waals surface area contributed by atoms with E-state index in [0.29, 0.717) is 11.5 Å². The molecule has 2 aromatic heterocycles. The van der Waals surface area contributed by atoms with E-state index in [1.807, 2.05) is 11.6 Å². The highest BCUT2D eigenvalue weighted by Gasteiger charge is 2.28. The van der Waals surface area contributed by atoms with Gasteiger partial charge in [0.25, 0.3) is 11.4 Å². The minimum Gasteiger partial charge on any atom is -0.490 e. The number of hydrogen-bond acceptors (Lipinski definition) is 7. The van der Waals surface area contributed by atoms with Crippen molar-refractivity contribution in [1.82, 2.24) is 19.5 Å². The van der Waals surface area contributed by atoms with Gasteiger partial charge in [-0.3, -0.25) is 10.1 Å². The number of nitro benzene ring substituents is 1. The number of nitrogens with zero attached hydrogens (tertiary/aromatic N) is 6. The molecule has 0 saturated heterocycles. The number of aromatic nitrogens is 4. The molecule has 1 aliphatic carbocycles.